The molecule has 0 unspecified atom stereocenters. The Hall–Kier alpha value is -1.66. The quantitative estimate of drug-likeness (QED) is 0.715. The fourth-order valence-corrected chi connectivity index (χ4v) is 3.39. The van der Waals surface area contributed by atoms with Crippen LogP contribution in [0.25, 0.3) is 6.08 Å². The van der Waals surface area contributed by atoms with Gasteiger partial charge in [0.2, 0.25) is 10.0 Å². The van der Waals surface area contributed by atoms with Crippen molar-refractivity contribution >= 4 is 27.7 Å². The molecule has 0 atom stereocenters. The highest BCUT2D eigenvalue weighted by atomic mass is 35.5. The molecule has 0 aliphatic heterocycles. The van der Waals surface area contributed by atoms with Crippen LogP contribution in [-0.4, -0.2) is 33.0 Å². The fraction of sp³-hybridized carbons (Fsp3) is 0.222. The zero-order valence-corrected chi connectivity index (χ0v) is 15.0. The maximum Gasteiger partial charge on any atom is 0.236 e. The summed E-state index contributed by atoms with van der Waals surface area (Å²) in [7, 11) is -2.01. The van der Waals surface area contributed by atoms with E-state index >= 15 is 0 Å². The van der Waals surface area contributed by atoms with Gasteiger partial charge in [-0.3, -0.25) is 0 Å². The van der Waals surface area contributed by atoms with Crippen molar-refractivity contribution in [3.8, 4) is 0 Å². The predicted molar refractivity (Wildman–Crippen MR) is 98.1 cm³/mol. The van der Waals surface area contributed by atoms with Gasteiger partial charge < -0.3 is 4.74 Å². The highest BCUT2D eigenvalue weighted by Gasteiger charge is 2.19. The molecule has 0 spiro atoms. The Bertz CT molecular complexity index is 759. The molecule has 0 aliphatic rings. The lowest BCUT2D eigenvalue weighted by atomic mass is 10.2. The lowest BCUT2D eigenvalue weighted by Crippen LogP contribution is -2.32. The molecule has 2 aromatic rings. The van der Waals surface area contributed by atoms with Crippen LogP contribution in [0.3, 0.4) is 0 Å². The third-order valence-corrected chi connectivity index (χ3v) is 5.17. The van der Waals surface area contributed by atoms with Crippen LogP contribution in [0.5, 0.6) is 0 Å². The monoisotopic (exact) mass is 365 g/mol. The molecule has 24 heavy (non-hydrogen) atoms. The highest BCUT2D eigenvalue weighted by Crippen LogP contribution is 2.14. The number of nitrogens with zero attached hydrogens (tertiary/aromatic N) is 1. The van der Waals surface area contributed by atoms with Crippen LogP contribution in [-0.2, 0) is 21.3 Å². The second-order valence-corrected chi connectivity index (χ2v) is 7.47. The maximum atomic E-state index is 12.6. The molecule has 0 saturated carbocycles. The largest absolute Gasteiger partial charge is 0.383 e. The molecular weight excluding hydrogens is 346 g/mol. The Morgan fingerprint density at radius 3 is 2.38 bits per heavy atom. The van der Waals surface area contributed by atoms with E-state index in [1.54, 1.807) is 37.5 Å². The summed E-state index contributed by atoms with van der Waals surface area (Å²) < 4.78 is 31.7. The minimum Gasteiger partial charge on any atom is -0.383 e. The molecule has 2 aromatic carbocycles. The Kier molecular flexibility index (Phi) is 6.99. The first-order valence-electron chi connectivity index (χ1n) is 7.48. The Morgan fingerprint density at radius 1 is 1.08 bits per heavy atom. The number of methoxy groups -OCH3 is 1. The first-order chi connectivity index (χ1) is 11.5. The van der Waals surface area contributed by atoms with Crippen LogP contribution >= 0.6 is 11.6 Å². The number of sulfonamides is 1. The number of benzene rings is 2. The SMILES string of the molecule is COCCN(Cc1ccccc1)S(=O)(=O)/C=C/c1ccc(Cl)cc1. The number of rotatable bonds is 8. The fourth-order valence-electron chi connectivity index (χ4n) is 2.10. The summed E-state index contributed by atoms with van der Waals surface area (Å²) in [5, 5.41) is 1.83. The summed E-state index contributed by atoms with van der Waals surface area (Å²) in [4.78, 5) is 0. The van der Waals surface area contributed by atoms with Crippen LogP contribution in [0.2, 0.25) is 5.02 Å². The molecule has 128 valence electrons. The normalized spacial score (nSPS) is 12.1. The van der Waals surface area contributed by atoms with Crippen molar-refractivity contribution in [2.45, 2.75) is 6.54 Å². The van der Waals surface area contributed by atoms with E-state index < -0.39 is 10.0 Å². The third-order valence-electron chi connectivity index (χ3n) is 3.41. The molecule has 4 nitrogen and oxygen atoms in total. The zero-order chi connectivity index (χ0) is 17.4. The van der Waals surface area contributed by atoms with Crippen LogP contribution < -0.4 is 0 Å². The van der Waals surface area contributed by atoms with Crippen LogP contribution in [0.4, 0.5) is 0 Å². The van der Waals surface area contributed by atoms with E-state index in [2.05, 4.69) is 0 Å². The van der Waals surface area contributed by atoms with Gasteiger partial charge in [-0.2, -0.15) is 4.31 Å². The van der Waals surface area contributed by atoms with Crippen molar-refractivity contribution in [2.75, 3.05) is 20.3 Å². The van der Waals surface area contributed by atoms with E-state index in [-0.39, 0.29) is 0 Å². The van der Waals surface area contributed by atoms with Gasteiger partial charge in [0.05, 0.1) is 6.61 Å². The zero-order valence-electron chi connectivity index (χ0n) is 13.4. The van der Waals surface area contributed by atoms with Crippen LogP contribution in [0.15, 0.2) is 60.0 Å². The minimum atomic E-state index is -3.56. The van der Waals surface area contributed by atoms with Gasteiger partial charge in [0.25, 0.3) is 0 Å². The van der Waals surface area contributed by atoms with E-state index in [9.17, 15) is 8.42 Å². The van der Waals surface area contributed by atoms with Gasteiger partial charge in [-0.05, 0) is 29.3 Å². The molecule has 0 heterocycles. The Balaban J connectivity index is 2.17. The molecular formula is C18H20ClNO3S. The van der Waals surface area contributed by atoms with Crippen molar-refractivity contribution in [1.82, 2.24) is 4.31 Å². The first-order valence-corrected chi connectivity index (χ1v) is 9.36. The van der Waals surface area contributed by atoms with Gasteiger partial charge in [-0.15, -0.1) is 0 Å². The molecule has 0 amide bonds. The summed E-state index contributed by atoms with van der Waals surface area (Å²) in [5.41, 5.74) is 1.70. The molecule has 0 fully saturated rings. The maximum absolute atomic E-state index is 12.6. The molecule has 0 aromatic heterocycles. The summed E-state index contributed by atoms with van der Waals surface area (Å²) in [6, 6.07) is 16.5. The van der Waals surface area contributed by atoms with Crippen molar-refractivity contribution in [3.05, 3.63) is 76.2 Å². The van der Waals surface area contributed by atoms with Crippen molar-refractivity contribution < 1.29 is 13.2 Å². The molecule has 0 N–H and O–H groups in total. The molecule has 6 heteroatoms. The molecule has 0 radical (unpaired) electrons. The second kappa shape index (κ2) is 8.99. The van der Waals surface area contributed by atoms with Crippen molar-refractivity contribution in [3.63, 3.8) is 0 Å². The van der Waals surface area contributed by atoms with Gasteiger partial charge in [0, 0.05) is 30.6 Å². The standard InChI is InChI=1S/C18H20ClNO3S/c1-23-13-12-20(15-17-5-3-2-4-6-17)24(21,22)14-11-16-7-9-18(19)10-8-16/h2-11,14H,12-13,15H2,1H3/b14-11+. The van der Waals surface area contributed by atoms with Gasteiger partial charge >= 0.3 is 0 Å². The van der Waals surface area contributed by atoms with E-state index in [0.717, 1.165) is 11.1 Å². The number of hydrogen-bond donors (Lipinski definition) is 0. The smallest absolute Gasteiger partial charge is 0.236 e. The second-order valence-electron chi connectivity index (χ2n) is 5.21. The average Bonchev–Trinajstić information content (AvgIpc) is 2.59. The lowest BCUT2D eigenvalue weighted by Gasteiger charge is -2.20. The summed E-state index contributed by atoms with van der Waals surface area (Å²) in [6.45, 7) is 0.928. The van der Waals surface area contributed by atoms with Crippen molar-refractivity contribution in [1.29, 1.82) is 0 Å². The predicted octanol–water partition coefficient (Wildman–Crippen LogP) is 3.79. The van der Waals surface area contributed by atoms with Gasteiger partial charge in [0.1, 0.15) is 0 Å². The minimum absolute atomic E-state index is 0.290. The van der Waals surface area contributed by atoms with E-state index in [0.29, 0.717) is 24.7 Å². The van der Waals surface area contributed by atoms with Crippen LogP contribution in [0, 0.1) is 0 Å². The number of ether oxygens (including phenoxy) is 1. The summed E-state index contributed by atoms with van der Waals surface area (Å²) >= 11 is 5.84. The summed E-state index contributed by atoms with van der Waals surface area (Å²) in [6.07, 6.45) is 1.57. The van der Waals surface area contributed by atoms with Crippen LogP contribution in [0.1, 0.15) is 11.1 Å². The molecule has 0 aliphatic carbocycles. The topological polar surface area (TPSA) is 46.6 Å². The average molecular weight is 366 g/mol. The highest BCUT2D eigenvalue weighted by molar-refractivity contribution is 7.92. The van der Waals surface area contributed by atoms with Gasteiger partial charge in [-0.1, -0.05) is 54.1 Å². The Morgan fingerprint density at radius 2 is 1.75 bits per heavy atom. The molecule has 0 bridgehead atoms. The van der Waals surface area contributed by atoms with E-state index in [1.165, 1.54) is 9.71 Å². The van der Waals surface area contributed by atoms with Gasteiger partial charge in [-0.25, -0.2) is 8.42 Å². The van der Waals surface area contributed by atoms with E-state index in [1.807, 2.05) is 30.3 Å². The molecule has 2 rings (SSSR count). The van der Waals surface area contributed by atoms with Crippen molar-refractivity contribution in [2.24, 2.45) is 0 Å². The first kappa shape index (κ1) is 18.7. The third kappa shape index (κ3) is 5.76. The number of halogens is 1. The summed E-state index contributed by atoms with van der Waals surface area (Å²) in [5.74, 6) is 0. The van der Waals surface area contributed by atoms with E-state index in [4.69, 9.17) is 16.3 Å². The van der Waals surface area contributed by atoms with Gasteiger partial charge in [0.15, 0.2) is 0 Å². The lowest BCUT2D eigenvalue weighted by molar-refractivity contribution is 0.178. The molecule has 0 saturated heterocycles. The number of hydrogen-bond acceptors (Lipinski definition) is 3. The Labute approximate surface area is 148 Å².